The maximum Gasteiger partial charge on any atom is 0.360 e. The number of esters is 5. The molecule has 3 aromatic carbocycles. The summed E-state index contributed by atoms with van der Waals surface area (Å²) in [5, 5.41) is 5.55. The number of pyridine rings is 5. The van der Waals surface area contributed by atoms with Crippen molar-refractivity contribution >= 4 is 140 Å². The molecule has 8 rings (SSSR count). The zero-order chi connectivity index (χ0) is 76.7. The first-order valence-corrected chi connectivity index (χ1v) is 30.2. The average molecular weight is 1540 g/mol. The van der Waals surface area contributed by atoms with Gasteiger partial charge in [-0.3, -0.25) is 9.59 Å². The molecule has 38 heteroatoms. The summed E-state index contributed by atoms with van der Waals surface area (Å²) in [4.78, 5) is 101. The normalized spacial score (nSPS) is 10.1. The number of nitrogen functional groups attached to an aromatic ring is 3. The Morgan fingerprint density at radius 3 is 1.06 bits per heavy atom. The number of rotatable bonds is 17. The molecule has 0 unspecified atom stereocenters. The van der Waals surface area contributed by atoms with Crippen LogP contribution in [0, 0.1) is 17.5 Å². The number of nitrogens with zero attached hydrogens (tertiary/aromatic N) is 5. The maximum atomic E-state index is 14.7. The van der Waals surface area contributed by atoms with Crippen LogP contribution in [-0.4, -0.2) is 152 Å². The predicted octanol–water partition coefficient (Wildman–Crippen LogP) is 12.4. The minimum atomic E-state index is -0.809. The number of carbonyl (C=O) groups excluding carboxylic acids is 7. The third-order valence-corrected chi connectivity index (χ3v) is 14.6. The van der Waals surface area contributed by atoms with Crippen LogP contribution in [0.2, 0.25) is 30.4 Å². The predicted molar refractivity (Wildman–Crippen MR) is 372 cm³/mol. The lowest BCUT2D eigenvalue weighted by atomic mass is 10.1. The third-order valence-electron chi connectivity index (χ3n) is 12.8. The minimum absolute atomic E-state index is 0.00265. The minimum Gasteiger partial charge on any atom is -0.492 e. The van der Waals surface area contributed by atoms with Gasteiger partial charge in [0.1, 0.15) is 16.0 Å². The fraction of sp³-hybridized carbons (Fsp3) is 0.219. The highest BCUT2D eigenvalue weighted by molar-refractivity contribution is 6.43. The zero-order valence-corrected chi connectivity index (χ0v) is 60.5. The molecule has 102 heavy (non-hydrogen) atoms. The second-order valence-corrected chi connectivity index (χ2v) is 21.5. The van der Waals surface area contributed by atoms with Crippen molar-refractivity contribution in [2.45, 2.75) is 13.8 Å². The van der Waals surface area contributed by atoms with Gasteiger partial charge in [-0.05, 0) is 60.7 Å². The second kappa shape index (κ2) is 38.7. The van der Waals surface area contributed by atoms with Gasteiger partial charge >= 0.3 is 29.8 Å². The van der Waals surface area contributed by atoms with E-state index in [4.69, 9.17) is 125 Å². The maximum absolute atomic E-state index is 14.7. The van der Waals surface area contributed by atoms with Crippen molar-refractivity contribution in [1.29, 1.82) is 0 Å². The average Bonchev–Trinajstić information content (AvgIpc) is 0.856. The van der Waals surface area contributed by atoms with Crippen LogP contribution >= 0.6 is 69.6 Å². The molecule has 0 saturated heterocycles. The molecule has 5 heterocycles. The molecule has 5 aromatic heterocycles. The number of ether oxygens (including phenoxy) is 12. The summed E-state index contributed by atoms with van der Waals surface area (Å²) in [7, 11) is 15.2. The highest BCUT2D eigenvalue weighted by Gasteiger charge is 2.28. The van der Waals surface area contributed by atoms with Gasteiger partial charge in [0, 0.05) is 41.6 Å². The van der Waals surface area contributed by atoms with E-state index in [9.17, 15) is 46.7 Å². The molecule has 0 aliphatic carbocycles. The van der Waals surface area contributed by atoms with Crippen molar-refractivity contribution < 1.29 is 104 Å². The Morgan fingerprint density at radius 1 is 0.382 bits per heavy atom. The Morgan fingerprint density at radius 2 is 0.706 bits per heavy atom. The van der Waals surface area contributed by atoms with Gasteiger partial charge in [-0.1, -0.05) is 69.6 Å². The number of methoxy groups -OCH3 is 12. The fourth-order valence-electron chi connectivity index (χ4n) is 8.41. The summed E-state index contributed by atoms with van der Waals surface area (Å²) in [6, 6.07) is 15.3. The number of nitrogens with two attached hydrogens (primary N) is 3. The Balaban J connectivity index is 0.000000275. The van der Waals surface area contributed by atoms with E-state index in [1.807, 2.05) is 0 Å². The third kappa shape index (κ3) is 20.5. The van der Waals surface area contributed by atoms with E-state index >= 15 is 0 Å². The van der Waals surface area contributed by atoms with Crippen molar-refractivity contribution in [1.82, 2.24) is 24.9 Å². The first kappa shape index (κ1) is 83.6. The number of benzene rings is 3. The van der Waals surface area contributed by atoms with Crippen LogP contribution < -0.4 is 61.0 Å². The second-order valence-electron chi connectivity index (χ2n) is 19.1. The van der Waals surface area contributed by atoms with Crippen LogP contribution in [-0.2, 0) is 33.3 Å². The Kier molecular flexibility index (Phi) is 31.7. The van der Waals surface area contributed by atoms with E-state index < -0.39 is 59.1 Å². The molecule has 544 valence electrons. The largest absolute Gasteiger partial charge is 0.492 e. The smallest absolute Gasteiger partial charge is 0.360 e. The van der Waals surface area contributed by atoms with Gasteiger partial charge in [-0.2, -0.15) is 0 Å². The van der Waals surface area contributed by atoms with E-state index in [1.165, 1.54) is 160 Å². The van der Waals surface area contributed by atoms with Gasteiger partial charge in [0.05, 0.1) is 141 Å². The quantitative estimate of drug-likeness (QED) is 0.0321. The van der Waals surface area contributed by atoms with Gasteiger partial charge in [-0.25, -0.2) is 62.1 Å². The Bertz CT molecular complexity index is 4490. The molecule has 0 radical (unpaired) electrons. The van der Waals surface area contributed by atoms with Crippen molar-refractivity contribution in [3.63, 3.8) is 0 Å². The summed E-state index contributed by atoms with van der Waals surface area (Å²) in [6.07, 6.45) is 0. The molecule has 0 aliphatic heterocycles. The van der Waals surface area contributed by atoms with Crippen LogP contribution in [0.4, 0.5) is 41.6 Å². The first-order valence-electron chi connectivity index (χ1n) is 27.9. The lowest BCUT2D eigenvalue weighted by molar-refractivity contribution is -0.115. The van der Waals surface area contributed by atoms with E-state index in [1.54, 1.807) is 0 Å². The topological polar surface area (TPSA) is 397 Å². The fourth-order valence-corrected chi connectivity index (χ4v) is 9.53. The molecule has 0 bridgehead atoms. The summed E-state index contributed by atoms with van der Waals surface area (Å²) in [6.45, 7) is 2.57. The summed E-state index contributed by atoms with van der Waals surface area (Å²) in [5.74, 6) is -6.58. The number of nitrogens with one attached hydrogen (secondary N) is 2. The molecule has 0 spiro atoms. The van der Waals surface area contributed by atoms with E-state index in [0.717, 1.165) is 6.07 Å². The molecule has 8 aromatic rings. The first-order chi connectivity index (χ1) is 48.3. The Labute approximate surface area is 609 Å². The monoisotopic (exact) mass is 1540 g/mol. The van der Waals surface area contributed by atoms with Gasteiger partial charge in [-0.15, -0.1) is 0 Å². The number of anilines is 5. The number of aromatic nitrogens is 5. The highest BCUT2D eigenvalue weighted by Crippen LogP contribution is 2.41. The summed E-state index contributed by atoms with van der Waals surface area (Å²) in [5.41, 5.74) is 17.6. The van der Waals surface area contributed by atoms with Crippen molar-refractivity contribution in [2.75, 3.05) is 113 Å². The van der Waals surface area contributed by atoms with Gasteiger partial charge < -0.3 is 84.7 Å². The molecular formula is C64H61Cl6F3N10O19. The molecule has 2 amide bonds. The van der Waals surface area contributed by atoms with Gasteiger partial charge in [0.25, 0.3) is 0 Å². The molecule has 0 aliphatic rings. The van der Waals surface area contributed by atoms with Gasteiger partial charge in [0.2, 0.25) is 11.8 Å². The van der Waals surface area contributed by atoms with Gasteiger partial charge in [0.15, 0.2) is 85.5 Å². The number of hydrogen-bond donors (Lipinski definition) is 5. The molecule has 0 saturated carbocycles. The molecule has 29 nitrogen and oxygen atoms in total. The van der Waals surface area contributed by atoms with Crippen LogP contribution in [0.15, 0.2) is 66.7 Å². The SMILES string of the molecule is COC(=O)c1nc(-c2ccc(Cl)c(OC)c2F)cc(N)c1OC.COC(=O)c1nc(-c2ccc(Cl)c(OC)c2F)cc(NC(C)=O)c1OC.COC(=O)c1nc(-c2ccc(Cl)cc2F)cc(NC(C)=O)c1OC.COC(=O)c1nc(Cl)c(Cl)c(N)c1OC.COC(=O)c1nc(Cl)cc(N)c1OC. The lowest BCUT2D eigenvalue weighted by Crippen LogP contribution is -2.13. The standard InChI is InChI=1S/C17H16ClFN2O5.C16H14ClFN2O4.C15H14ClFN2O4.C8H8Cl2N2O3.C8H9ClN2O3/c1-8(22)20-12-7-11(21-14(16(12)25-3)17(23)26-4)9-5-6-10(18)15(24-2)13(9)19;1-8(21)19-13-7-12(10-5-4-9(17)6-11(10)18)20-14(15(13)23-2)16(22)24-3;1-21-13-8(16)5-4-7(11(13)17)10-6-9(18)14(22-2)12(19-10)15(20)23-3;1-14-6-4(11)3(9)7(10)12-5(6)8(13)15-2;1-13-7-4(10)3-5(9)11-6(7)8(12)14-2/h5-7H,1-4H3,(H,20,21,22);4-7H,1-3H3,(H,19,20,21);4-6H,1-3H3,(H2,18,19);1-2H3,(H2,11,12);3H,1-2H3,(H2,10,11). The number of carbonyl (C=O) groups is 7. The van der Waals surface area contributed by atoms with Crippen LogP contribution in [0.25, 0.3) is 33.8 Å². The van der Waals surface area contributed by atoms with E-state index in [-0.39, 0.29) is 161 Å². The number of amides is 2. The van der Waals surface area contributed by atoms with E-state index in [0.29, 0.717) is 0 Å². The highest BCUT2D eigenvalue weighted by atomic mass is 35.5. The van der Waals surface area contributed by atoms with Crippen molar-refractivity contribution in [2.24, 2.45) is 0 Å². The number of halogens is 9. The zero-order valence-electron chi connectivity index (χ0n) is 56.0. The van der Waals surface area contributed by atoms with Crippen molar-refractivity contribution in [3.8, 4) is 74.0 Å². The van der Waals surface area contributed by atoms with E-state index in [2.05, 4.69) is 54.5 Å². The van der Waals surface area contributed by atoms with Crippen LogP contribution in [0.5, 0.6) is 40.2 Å². The van der Waals surface area contributed by atoms with Crippen LogP contribution in [0.3, 0.4) is 0 Å². The summed E-state index contributed by atoms with van der Waals surface area (Å²) < 4.78 is 101. The molecule has 0 atom stereocenters. The van der Waals surface area contributed by atoms with Crippen molar-refractivity contribution in [3.05, 3.63) is 143 Å². The molecule has 8 N–H and O–H groups in total. The number of hydrogen-bond acceptors (Lipinski definition) is 27. The molecular weight excluding hydrogens is 1480 g/mol. The lowest BCUT2D eigenvalue weighted by Gasteiger charge is -2.15. The molecule has 0 fully saturated rings. The summed E-state index contributed by atoms with van der Waals surface area (Å²) >= 11 is 34.5. The van der Waals surface area contributed by atoms with Crippen LogP contribution in [0.1, 0.15) is 66.3 Å². The Hall–Kier alpha value is -10.8.